The molecule has 0 atom stereocenters. The van der Waals surface area contributed by atoms with Gasteiger partial charge in [-0.05, 0) is 117 Å². The van der Waals surface area contributed by atoms with Gasteiger partial charge in [-0.3, -0.25) is 0 Å². The lowest BCUT2D eigenvalue weighted by molar-refractivity contribution is 0.785. The molecule has 0 saturated heterocycles. The van der Waals surface area contributed by atoms with E-state index in [4.69, 9.17) is 0 Å². The molecule has 310 valence electrons. The molecule has 0 aliphatic heterocycles. The maximum absolute atomic E-state index is 2.48. The third kappa shape index (κ3) is 5.94. The fraction of sp³-hybridized carbons (Fsp3) is 0.0159. The number of anilines is 3. The minimum Gasteiger partial charge on any atom is -0.310 e. The van der Waals surface area contributed by atoms with Crippen molar-refractivity contribution in [2.24, 2.45) is 0 Å². The minimum absolute atomic E-state index is 0.512. The van der Waals surface area contributed by atoms with Crippen LogP contribution in [0.4, 0.5) is 17.1 Å². The van der Waals surface area contributed by atoms with Crippen LogP contribution in [0.5, 0.6) is 0 Å². The van der Waals surface area contributed by atoms with E-state index in [1.165, 1.54) is 86.8 Å². The van der Waals surface area contributed by atoms with Crippen LogP contribution in [0.3, 0.4) is 0 Å². The van der Waals surface area contributed by atoms with Crippen molar-refractivity contribution in [2.45, 2.75) is 5.41 Å². The Bertz CT molecular complexity index is 3680. The first kappa shape index (κ1) is 38.2. The summed E-state index contributed by atoms with van der Waals surface area (Å²) in [6.07, 6.45) is 0. The first-order chi connectivity index (χ1) is 32.7. The molecule has 0 amide bonds. The van der Waals surface area contributed by atoms with E-state index in [1.807, 2.05) is 11.3 Å². The number of para-hydroxylation sites is 2. The molecule has 10 aromatic carbocycles. The highest BCUT2D eigenvalue weighted by molar-refractivity contribution is 7.20. The summed E-state index contributed by atoms with van der Waals surface area (Å²) in [5.41, 5.74) is 17.6. The summed E-state index contributed by atoms with van der Waals surface area (Å²) in [6, 6.07) is 93.6. The number of hydrogen-bond donors (Lipinski definition) is 0. The molecular weight excluding hydrogens is 817 g/mol. The topological polar surface area (TPSA) is 8.17 Å². The van der Waals surface area contributed by atoms with Crippen molar-refractivity contribution in [2.75, 3.05) is 4.90 Å². The highest BCUT2D eigenvalue weighted by Crippen LogP contribution is 2.61. The van der Waals surface area contributed by atoms with Gasteiger partial charge in [0.1, 0.15) is 0 Å². The molecule has 1 aliphatic carbocycles. The Morgan fingerprint density at radius 2 is 0.864 bits per heavy atom. The first-order valence-electron chi connectivity index (χ1n) is 22.7. The van der Waals surface area contributed by atoms with Gasteiger partial charge in [0.25, 0.3) is 0 Å². The SMILES string of the molecule is c1ccc(-c2ccc(N(c3ccc(-c4ccc5c(c4)c4ccccc4n5-c4ccccc4)cc3)c3ccc4c(c3)C(c3ccccc3)(c3ccccc3)c3sc5ccccc5c3-4)cc2)cc1. The number of benzene rings is 10. The van der Waals surface area contributed by atoms with E-state index in [9.17, 15) is 0 Å². The molecule has 0 bridgehead atoms. The van der Waals surface area contributed by atoms with Crippen LogP contribution < -0.4 is 4.90 Å². The smallest absolute Gasteiger partial charge is 0.0808 e. The molecule has 0 unspecified atom stereocenters. The van der Waals surface area contributed by atoms with Crippen LogP contribution in [0.25, 0.3) is 71.0 Å². The highest BCUT2D eigenvalue weighted by atomic mass is 32.1. The van der Waals surface area contributed by atoms with E-state index in [-0.39, 0.29) is 0 Å². The summed E-state index contributed by atoms with van der Waals surface area (Å²) < 4.78 is 3.69. The lowest BCUT2D eigenvalue weighted by Crippen LogP contribution is -2.28. The summed E-state index contributed by atoms with van der Waals surface area (Å²) in [5, 5.41) is 3.81. The first-order valence-corrected chi connectivity index (χ1v) is 23.5. The number of aromatic nitrogens is 1. The van der Waals surface area contributed by atoms with Crippen molar-refractivity contribution in [3.63, 3.8) is 0 Å². The molecule has 2 heterocycles. The van der Waals surface area contributed by atoms with Gasteiger partial charge in [0.2, 0.25) is 0 Å². The summed E-state index contributed by atoms with van der Waals surface area (Å²) in [5.74, 6) is 0. The van der Waals surface area contributed by atoms with Crippen LogP contribution >= 0.6 is 11.3 Å². The van der Waals surface area contributed by atoms with Gasteiger partial charge in [-0.15, -0.1) is 11.3 Å². The number of rotatable bonds is 8. The number of hydrogen-bond acceptors (Lipinski definition) is 2. The van der Waals surface area contributed by atoms with Gasteiger partial charge >= 0.3 is 0 Å². The molecule has 0 spiro atoms. The molecule has 12 aromatic rings. The Labute approximate surface area is 388 Å². The van der Waals surface area contributed by atoms with Gasteiger partial charge in [0.05, 0.1) is 16.4 Å². The molecule has 2 nitrogen and oxygen atoms in total. The number of nitrogens with zero attached hydrogens (tertiary/aromatic N) is 2. The van der Waals surface area contributed by atoms with E-state index in [1.54, 1.807) is 0 Å². The molecular formula is C63H42N2S. The predicted molar refractivity (Wildman–Crippen MR) is 279 cm³/mol. The Morgan fingerprint density at radius 1 is 0.364 bits per heavy atom. The van der Waals surface area contributed by atoms with Crippen molar-refractivity contribution < 1.29 is 0 Å². The van der Waals surface area contributed by atoms with Gasteiger partial charge < -0.3 is 9.47 Å². The molecule has 0 fully saturated rings. The summed E-state index contributed by atoms with van der Waals surface area (Å²) in [6.45, 7) is 0. The van der Waals surface area contributed by atoms with E-state index in [0.29, 0.717) is 0 Å². The molecule has 1 aliphatic rings. The Balaban J connectivity index is 0.984. The predicted octanol–water partition coefficient (Wildman–Crippen LogP) is 17.2. The lowest BCUT2D eigenvalue weighted by Gasteiger charge is -2.34. The number of thiophene rings is 1. The van der Waals surface area contributed by atoms with Crippen molar-refractivity contribution >= 4 is 60.3 Å². The minimum atomic E-state index is -0.512. The average molecular weight is 859 g/mol. The molecule has 3 heteroatoms. The van der Waals surface area contributed by atoms with E-state index in [0.717, 1.165) is 22.7 Å². The zero-order valence-electron chi connectivity index (χ0n) is 36.1. The lowest BCUT2D eigenvalue weighted by atomic mass is 9.70. The van der Waals surface area contributed by atoms with Crippen LogP contribution in [0.1, 0.15) is 21.6 Å². The summed E-state index contributed by atoms with van der Waals surface area (Å²) >= 11 is 1.93. The van der Waals surface area contributed by atoms with Gasteiger partial charge in [-0.1, -0.05) is 182 Å². The van der Waals surface area contributed by atoms with Gasteiger partial charge in [-0.2, -0.15) is 0 Å². The zero-order chi connectivity index (χ0) is 43.6. The average Bonchev–Trinajstić information content (AvgIpc) is 4.04. The Morgan fingerprint density at radius 3 is 1.53 bits per heavy atom. The third-order valence-corrected chi connectivity index (χ3v) is 15.0. The van der Waals surface area contributed by atoms with Crippen LogP contribution in [0, 0.1) is 0 Å². The Kier molecular flexibility index (Phi) is 8.97. The summed E-state index contributed by atoms with van der Waals surface area (Å²) in [4.78, 5) is 3.81. The van der Waals surface area contributed by atoms with Gasteiger partial charge in [-0.25, -0.2) is 0 Å². The zero-order valence-corrected chi connectivity index (χ0v) is 36.9. The monoisotopic (exact) mass is 858 g/mol. The van der Waals surface area contributed by atoms with Crippen molar-refractivity contribution in [3.8, 4) is 39.1 Å². The molecule has 0 N–H and O–H groups in total. The molecule has 2 aromatic heterocycles. The fourth-order valence-corrected chi connectivity index (χ4v) is 12.2. The quantitative estimate of drug-likeness (QED) is 0.148. The second-order valence-electron chi connectivity index (χ2n) is 17.2. The van der Waals surface area contributed by atoms with Crippen LogP contribution in [-0.2, 0) is 5.41 Å². The van der Waals surface area contributed by atoms with Crippen LogP contribution in [-0.4, -0.2) is 4.57 Å². The fourth-order valence-electron chi connectivity index (χ4n) is 10.7. The largest absolute Gasteiger partial charge is 0.310 e. The maximum atomic E-state index is 2.48. The molecule has 13 rings (SSSR count). The van der Waals surface area contributed by atoms with Crippen LogP contribution in [0.2, 0.25) is 0 Å². The standard InChI is InChI=1S/C63H42N2S/c1-5-17-43(18-6-1)44-29-34-50(35-30-44)64(51-36-31-45(32-37-51)46-33-40-59-56(41-46)53-25-13-15-27-58(53)65(59)49-23-11-4-12-24-49)52-38-39-54-57(42-52)63(47-19-7-2-8-20-47,48-21-9-3-10-22-48)62-61(54)55-26-14-16-28-60(55)66-62/h1-42H. The van der Waals surface area contributed by atoms with E-state index >= 15 is 0 Å². The molecule has 0 radical (unpaired) electrons. The maximum Gasteiger partial charge on any atom is 0.0808 e. The van der Waals surface area contributed by atoms with Crippen LogP contribution in [0.15, 0.2) is 255 Å². The second-order valence-corrected chi connectivity index (χ2v) is 18.3. The number of fused-ring (bicyclic) bond motifs is 8. The Hall–Kier alpha value is -8.24. The van der Waals surface area contributed by atoms with Crippen molar-refractivity contribution in [3.05, 3.63) is 276 Å². The highest BCUT2D eigenvalue weighted by Gasteiger charge is 2.48. The van der Waals surface area contributed by atoms with Crippen molar-refractivity contribution in [1.29, 1.82) is 0 Å². The van der Waals surface area contributed by atoms with Gasteiger partial charge in [0.15, 0.2) is 0 Å². The normalized spacial score (nSPS) is 12.7. The second kappa shape index (κ2) is 15.5. The third-order valence-electron chi connectivity index (χ3n) is 13.7. The molecule has 66 heavy (non-hydrogen) atoms. The van der Waals surface area contributed by atoms with E-state index in [2.05, 4.69) is 264 Å². The molecule has 0 saturated carbocycles. The van der Waals surface area contributed by atoms with E-state index < -0.39 is 5.41 Å². The van der Waals surface area contributed by atoms with Gasteiger partial charge in [0, 0.05) is 54.0 Å². The summed E-state index contributed by atoms with van der Waals surface area (Å²) in [7, 11) is 0. The van der Waals surface area contributed by atoms with Crippen molar-refractivity contribution in [1.82, 2.24) is 4.57 Å².